The van der Waals surface area contributed by atoms with Crippen molar-refractivity contribution in [2.24, 2.45) is 0 Å². The smallest absolute Gasteiger partial charge is 0.253 e. The number of carbonyl (C=O) groups is 1. The number of anilines is 1. The Morgan fingerprint density at radius 3 is 2.71 bits per heavy atom. The number of nitrogens with two attached hydrogens (primary N) is 1. The largest absolute Gasteiger partial charge is 0.454 e. The number of fused-ring (bicyclic) bond motifs is 1. The minimum Gasteiger partial charge on any atom is -0.454 e. The lowest BCUT2D eigenvalue weighted by molar-refractivity contribution is 0.0951. The normalized spacial score (nSPS) is 12.2. The molecule has 108 valence electrons. The van der Waals surface area contributed by atoms with Gasteiger partial charge in [-0.1, -0.05) is 34.1 Å². The maximum absolute atomic E-state index is 12.2. The zero-order chi connectivity index (χ0) is 14.8. The molecule has 0 unspecified atom stereocenters. The molecule has 1 heterocycles. The fourth-order valence-corrected chi connectivity index (χ4v) is 2.49. The fourth-order valence-electron chi connectivity index (χ4n) is 2.07. The predicted octanol–water partition coefficient (Wildman–Crippen LogP) is 2.69. The number of carbonyl (C=O) groups excluding carboxylic acids is 1. The van der Waals surface area contributed by atoms with Crippen molar-refractivity contribution < 1.29 is 14.3 Å². The molecule has 0 bridgehead atoms. The molecule has 0 fully saturated rings. The number of hydrogen-bond acceptors (Lipinski definition) is 4. The highest BCUT2D eigenvalue weighted by atomic mass is 79.9. The van der Waals surface area contributed by atoms with Crippen LogP contribution in [0, 0.1) is 0 Å². The predicted molar refractivity (Wildman–Crippen MR) is 82.3 cm³/mol. The van der Waals surface area contributed by atoms with E-state index in [-0.39, 0.29) is 12.7 Å². The van der Waals surface area contributed by atoms with Gasteiger partial charge in [-0.3, -0.25) is 4.79 Å². The van der Waals surface area contributed by atoms with Crippen LogP contribution in [-0.4, -0.2) is 12.7 Å². The molecule has 0 saturated carbocycles. The van der Waals surface area contributed by atoms with Gasteiger partial charge in [0.15, 0.2) is 11.5 Å². The van der Waals surface area contributed by atoms with E-state index in [2.05, 4.69) is 21.2 Å². The fraction of sp³-hybridized carbons (Fsp3) is 0.133. The average Bonchev–Trinajstić information content (AvgIpc) is 2.92. The zero-order valence-corrected chi connectivity index (χ0v) is 12.6. The van der Waals surface area contributed by atoms with Gasteiger partial charge in [0.25, 0.3) is 5.91 Å². The van der Waals surface area contributed by atoms with Crippen LogP contribution in [0.15, 0.2) is 40.9 Å². The summed E-state index contributed by atoms with van der Waals surface area (Å²) < 4.78 is 11.4. The number of hydrogen-bond donors (Lipinski definition) is 2. The Balaban J connectivity index is 1.76. The van der Waals surface area contributed by atoms with Gasteiger partial charge in [-0.2, -0.15) is 0 Å². The van der Waals surface area contributed by atoms with E-state index in [4.69, 9.17) is 15.2 Å². The number of benzene rings is 2. The van der Waals surface area contributed by atoms with Crippen LogP contribution in [0.1, 0.15) is 15.9 Å². The van der Waals surface area contributed by atoms with Crippen molar-refractivity contribution in [1.29, 1.82) is 0 Å². The first-order valence-corrected chi connectivity index (χ1v) is 7.15. The van der Waals surface area contributed by atoms with Crippen molar-refractivity contribution in [2.45, 2.75) is 6.54 Å². The molecule has 0 saturated heterocycles. The Bertz CT molecular complexity index is 703. The lowest BCUT2D eigenvalue weighted by Gasteiger charge is -2.09. The second kappa shape index (κ2) is 5.65. The second-order valence-corrected chi connectivity index (χ2v) is 5.42. The van der Waals surface area contributed by atoms with Crippen molar-refractivity contribution in [2.75, 3.05) is 12.5 Å². The van der Waals surface area contributed by atoms with Gasteiger partial charge in [0.1, 0.15) is 0 Å². The van der Waals surface area contributed by atoms with Crippen molar-refractivity contribution in [1.82, 2.24) is 5.32 Å². The zero-order valence-electron chi connectivity index (χ0n) is 11.1. The summed E-state index contributed by atoms with van der Waals surface area (Å²) >= 11 is 3.45. The molecule has 6 heteroatoms. The highest BCUT2D eigenvalue weighted by Gasteiger charge is 2.19. The maximum atomic E-state index is 12.2. The molecule has 0 spiro atoms. The molecule has 0 atom stereocenters. The molecule has 5 nitrogen and oxygen atoms in total. The standard InChI is InChI=1S/C15H13BrN2O3/c16-11-4-2-1-3-9(11)7-18-15(19)10-5-13-14(6-12(10)17)21-8-20-13/h1-6H,7-8,17H2,(H,18,19). The van der Waals surface area contributed by atoms with Gasteiger partial charge < -0.3 is 20.5 Å². The number of nitrogen functional groups attached to an aromatic ring is 1. The molecular formula is C15H13BrN2O3. The first kappa shape index (κ1) is 13.8. The van der Waals surface area contributed by atoms with Crippen LogP contribution in [-0.2, 0) is 6.54 Å². The van der Waals surface area contributed by atoms with E-state index >= 15 is 0 Å². The van der Waals surface area contributed by atoms with Crippen LogP contribution in [0.3, 0.4) is 0 Å². The summed E-state index contributed by atoms with van der Waals surface area (Å²) in [4.78, 5) is 12.2. The molecule has 3 N–H and O–H groups in total. The van der Waals surface area contributed by atoms with E-state index in [1.54, 1.807) is 12.1 Å². The monoisotopic (exact) mass is 348 g/mol. The molecule has 0 radical (unpaired) electrons. The summed E-state index contributed by atoms with van der Waals surface area (Å²) in [5.41, 5.74) is 7.62. The molecule has 1 aliphatic heterocycles. The third-order valence-electron chi connectivity index (χ3n) is 3.19. The van der Waals surface area contributed by atoms with E-state index in [0.717, 1.165) is 10.0 Å². The molecule has 2 aromatic carbocycles. The van der Waals surface area contributed by atoms with Crippen molar-refractivity contribution in [3.63, 3.8) is 0 Å². The van der Waals surface area contributed by atoms with Gasteiger partial charge in [0.2, 0.25) is 6.79 Å². The summed E-state index contributed by atoms with van der Waals surface area (Å²) in [5.74, 6) is 0.853. The Morgan fingerprint density at radius 2 is 1.95 bits per heavy atom. The van der Waals surface area contributed by atoms with E-state index < -0.39 is 0 Å². The van der Waals surface area contributed by atoms with Gasteiger partial charge in [-0.15, -0.1) is 0 Å². The lowest BCUT2D eigenvalue weighted by atomic mass is 10.1. The van der Waals surface area contributed by atoms with Gasteiger partial charge in [0.05, 0.1) is 5.56 Å². The minimum absolute atomic E-state index is 0.150. The second-order valence-electron chi connectivity index (χ2n) is 4.57. The topological polar surface area (TPSA) is 73.6 Å². The van der Waals surface area contributed by atoms with Gasteiger partial charge in [-0.05, 0) is 17.7 Å². The minimum atomic E-state index is -0.249. The number of nitrogens with one attached hydrogen (secondary N) is 1. The third kappa shape index (κ3) is 2.80. The molecule has 21 heavy (non-hydrogen) atoms. The van der Waals surface area contributed by atoms with Crippen LogP contribution >= 0.6 is 15.9 Å². The summed E-state index contributed by atoms with van der Waals surface area (Å²) in [6.07, 6.45) is 0. The van der Waals surface area contributed by atoms with Crippen LogP contribution in [0.25, 0.3) is 0 Å². The molecule has 1 amide bonds. The molecule has 0 aliphatic carbocycles. The van der Waals surface area contributed by atoms with E-state index in [1.165, 1.54) is 0 Å². The SMILES string of the molecule is Nc1cc2c(cc1C(=O)NCc1ccccc1Br)OCO2. The molecular weight excluding hydrogens is 336 g/mol. The number of amides is 1. The summed E-state index contributed by atoms with van der Waals surface area (Å²) in [6, 6.07) is 10.9. The van der Waals surface area contributed by atoms with E-state index in [0.29, 0.717) is 29.3 Å². The Kier molecular flexibility index (Phi) is 3.70. The van der Waals surface area contributed by atoms with Gasteiger partial charge in [0, 0.05) is 22.8 Å². The molecule has 0 aromatic heterocycles. The van der Waals surface area contributed by atoms with Crippen molar-refractivity contribution >= 4 is 27.5 Å². The highest BCUT2D eigenvalue weighted by Crippen LogP contribution is 2.35. The lowest BCUT2D eigenvalue weighted by Crippen LogP contribution is -2.24. The first-order chi connectivity index (χ1) is 10.1. The van der Waals surface area contributed by atoms with Gasteiger partial charge in [-0.25, -0.2) is 0 Å². The van der Waals surface area contributed by atoms with E-state index in [1.807, 2.05) is 24.3 Å². The summed E-state index contributed by atoms with van der Waals surface area (Å²) in [7, 11) is 0. The molecule has 3 rings (SSSR count). The highest BCUT2D eigenvalue weighted by molar-refractivity contribution is 9.10. The number of ether oxygens (including phenoxy) is 2. The van der Waals surface area contributed by atoms with Crippen LogP contribution in [0.5, 0.6) is 11.5 Å². The Labute approximate surface area is 130 Å². The number of rotatable bonds is 3. The van der Waals surface area contributed by atoms with E-state index in [9.17, 15) is 4.79 Å². The van der Waals surface area contributed by atoms with Crippen molar-refractivity contribution in [3.05, 3.63) is 52.0 Å². The first-order valence-electron chi connectivity index (χ1n) is 6.36. The van der Waals surface area contributed by atoms with Gasteiger partial charge >= 0.3 is 0 Å². The number of halogens is 1. The quantitative estimate of drug-likeness (QED) is 0.836. The Hall–Kier alpha value is -2.21. The Morgan fingerprint density at radius 1 is 1.24 bits per heavy atom. The maximum Gasteiger partial charge on any atom is 0.253 e. The van der Waals surface area contributed by atoms with Crippen LogP contribution in [0.4, 0.5) is 5.69 Å². The molecule has 2 aromatic rings. The van der Waals surface area contributed by atoms with Crippen molar-refractivity contribution in [3.8, 4) is 11.5 Å². The third-order valence-corrected chi connectivity index (χ3v) is 3.96. The molecule has 1 aliphatic rings. The summed E-state index contributed by atoms with van der Waals surface area (Å²) in [5, 5.41) is 2.84. The van der Waals surface area contributed by atoms with Crippen LogP contribution < -0.4 is 20.5 Å². The summed E-state index contributed by atoms with van der Waals surface area (Å²) in [6.45, 7) is 0.560. The van der Waals surface area contributed by atoms with Crippen LogP contribution in [0.2, 0.25) is 0 Å². The average molecular weight is 349 g/mol.